The summed E-state index contributed by atoms with van der Waals surface area (Å²) < 4.78 is 27.5. The fourth-order valence-corrected chi connectivity index (χ4v) is 3.81. The van der Waals surface area contributed by atoms with Crippen molar-refractivity contribution in [1.82, 2.24) is 15.0 Å². The van der Waals surface area contributed by atoms with Crippen molar-refractivity contribution >= 4 is 44.6 Å². The maximum absolute atomic E-state index is 12.3. The molecule has 0 saturated heterocycles. The molecule has 0 atom stereocenters. The zero-order valence-electron chi connectivity index (χ0n) is 13.1. The van der Waals surface area contributed by atoms with Crippen LogP contribution in [0.5, 0.6) is 0 Å². The first-order valence-corrected chi connectivity index (χ1v) is 9.86. The van der Waals surface area contributed by atoms with Gasteiger partial charge in [-0.1, -0.05) is 11.6 Å². The molecule has 0 aliphatic heterocycles. The van der Waals surface area contributed by atoms with Crippen LogP contribution < -0.4 is 10.0 Å². The lowest BCUT2D eigenvalue weighted by Gasteiger charge is -2.08. The summed E-state index contributed by atoms with van der Waals surface area (Å²) in [6, 6.07) is 6.40. The Kier molecular flexibility index (Phi) is 5.16. The van der Waals surface area contributed by atoms with Crippen LogP contribution in [0.15, 0.2) is 47.8 Å². The Morgan fingerprint density at radius 2 is 1.76 bits per heavy atom. The van der Waals surface area contributed by atoms with Crippen molar-refractivity contribution < 1.29 is 8.42 Å². The van der Waals surface area contributed by atoms with Crippen molar-refractivity contribution in [1.29, 1.82) is 0 Å². The highest BCUT2D eigenvalue weighted by Crippen LogP contribution is 2.20. The first-order chi connectivity index (χ1) is 11.9. The maximum Gasteiger partial charge on any atom is 0.264 e. The summed E-state index contributed by atoms with van der Waals surface area (Å²) in [5.41, 5.74) is 1.63. The third-order valence-electron chi connectivity index (χ3n) is 3.16. The molecule has 10 heteroatoms. The van der Waals surface area contributed by atoms with Crippen molar-refractivity contribution in [2.45, 2.75) is 18.4 Å². The SMILES string of the molecule is Cc1cnc(NS(=O)(=O)c2ccc(NCc3cnc(Cl)s3)cc2)nc1. The van der Waals surface area contributed by atoms with Crippen LogP contribution in [-0.4, -0.2) is 23.4 Å². The standard InChI is InChI=1S/C15H14ClN5O2S2/c1-10-6-19-15(20-7-10)21-25(22,23)13-4-2-11(3-5-13)17-8-12-9-18-14(16)24-12/h2-7,9,17H,8H2,1H3,(H,19,20,21). The molecule has 0 amide bonds. The molecule has 7 nitrogen and oxygen atoms in total. The Morgan fingerprint density at radius 1 is 1.08 bits per heavy atom. The van der Waals surface area contributed by atoms with E-state index in [9.17, 15) is 8.42 Å². The van der Waals surface area contributed by atoms with Crippen molar-refractivity contribution in [3.05, 3.63) is 57.8 Å². The largest absolute Gasteiger partial charge is 0.380 e. The van der Waals surface area contributed by atoms with E-state index in [1.807, 2.05) is 6.92 Å². The van der Waals surface area contributed by atoms with Crippen molar-refractivity contribution in [2.75, 3.05) is 10.0 Å². The Bertz CT molecular complexity index is 956. The lowest BCUT2D eigenvalue weighted by molar-refractivity contribution is 0.601. The summed E-state index contributed by atoms with van der Waals surface area (Å²) in [4.78, 5) is 13.0. The van der Waals surface area contributed by atoms with E-state index in [0.717, 1.165) is 16.1 Å². The maximum atomic E-state index is 12.3. The number of nitrogens with zero attached hydrogens (tertiary/aromatic N) is 3. The first kappa shape index (κ1) is 17.6. The van der Waals surface area contributed by atoms with E-state index in [-0.39, 0.29) is 10.8 Å². The van der Waals surface area contributed by atoms with Gasteiger partial charge in [0.1, 0.15) is 0 Å². The Morgan fingerprint density at radius 3 is 2.36 bits per heavy atom. The lowest BCUT2D eigenvalue weighted by Crippen LogP contribution is -2.15. The van der Waals surface area contributed by atoms with Crippen LogP contribution in [0.2, 0.25) is 4.47 Å². The van der Waals surface area contributed by atoms with Crippen molar-refractivity contribution in [3.63, 3.8) is 0 Å². The fourth-order valence-electron chi connectivity index (χ4n) is 1.93. The number of aromatic nitrogens is 3. The molecule has 0 fully saturated rings. The molecule has 0 radical (unpaired) electrons. The number of halogens is 1. The van der Waals surface area contributed by atoms with Gasteiger partial charge >= 0.3 is 0 Å². The fraction of sp³-hybridized carbons (Fsp3) is 0.133. The number of hydrogen-bond acceptors (Lipinski definition) is 7. The van der Waals surface area contributed by atoms with E-state index in [2.05, 4.69) is 25.0 Å². The molecule has 2 N–H and O–H groups in total. The quantitative estimate of drug-likeness (QED) is 0.664. The molecule has 3 aromatic rings. The van der Waals surface area contributed by atoms with Crippen LogP contribution in [0.25, 0.3) is 0 Å². The van der Waals surface area contributed by atoms with Crippen LogP contribution >= 0.6 is 22.9 Å². The molecule has 3 rings (SSSR count). The zero-order chi connectivity index (χ0) is 17.9. The minimum Gasteiger partial charge on any atom is -0.380 e. The molecular weight excluding hydrogens is 382 g/mol. The van der Waals surface area contributed by atoms with Gasteiger partial charge in [0, 0.05) is 29.2 Å². The summed E-state index contributed by atoms with van der Waals surface area (Å²) >= 11 is 7.17. The zero-order valence-corrected chi connectivity index (χ0v) is 15.5. The van der Waals surface area contributed by atoms with Crippen molar-refractivity contribution in [2.24, 2.45) is 0 Å². The Labute approximate surface area is 154 Å². The molecule has 0 unspecified atom stereocenters. The second-order valence-corrected chi connectivity index (χ2v) is 8.53. The second kappa shape index (κ2) is 7.34. The average Bonchev–Trinajstić information content (AvgIpc) is 3.01. The highest BCUT2D eigenvalue weighted by Gasteiger charge is 2.15. The van der Waals surface area contributed by atoms with Gasteiger partial charge in [-0.2, -0.15) is 0 Å². The molecule has 130 valence electrons. The predicted octanol–water partition coefficient (Wildman–Crippen LogP) is 3.31. The topological polar surface area (TPSA) is 96.9 Å². The van der Waals surface area contributed by atoms with Gasteiger partial charge in [0.05, 0.1) is 11.4 Å². The first-order valence-electron chi connectivity index (χ1n) is 7.18. The number of hydrogen-bond donors (Lipinski definition) is 2. The van der Waals surface area contributed by atoms with E-state index >= 15 is 0 Å². The molecule has 0 saturated carbocycles. The van der Waals surface area contributed by atoms with E-state index in [4.69, 9.17) is 11.6 Å². The van der Waals surface area contributed by atoms with Crippen LogP contribution in [-0.2, 0) is 16.6 Å². The molecule has 2 aromatic heterocycles. The second-order valence-electron chi connectivity index (χ2n) is 5.15. The number of anilines is 2. The number of sulfonamides is 1. The summed E-state index contributed by atoms with van der Waals surface area (Å²) in [5.74, 6) is 0.0369. The molecular formula is C15H14ClN5O2S2. The number of nitrogens with one attached hydrogen (secondary N) is 2. The van der Waals surface area contributed by atoms with Crippen molar-refractivity contribution in [3.8, 4) is 0 Å². The van der Waals surface area contributed by atoms with E-state index < -0.39 is 10.0 Å². The van der Waals surface area contributed by atoms with E-state index in [1.165, 1.54) is 23.5 Å². The molecule has 0 aliphatic carbocycles. The molecule has 1 aromatic carbocycles. The molecule has 25 heavy (non-hydrogen) atoms. The normalized spacial score (nSPS) is 11.3. The van der Waals surface area contributed by atoms with Gasteiger partial charge in [0.25, 0.3) is 10.0 Å². The minimum atomic E-state index is -3.73. The number of rotatable bonds is 6. The summed E-state index contributed by atoms with van der Waals surface area (Å²) in [7, 11) is -3.73. The molecule has 2 heterocycles. The van der Waals surface area contributed by atoms with Gasteiger partial charge in [0.15, 0.2) is 4.47 Å². The van der Waals surface area contributed by atoms with E-state index in [0.29, 0.717) is 11.0 Å². The van der Waals surface area contributed by atoms with Gasteiger partial charge in [-0.05, 0) is 36.8 Å². The predicted molar refractivity (Wildman–Crippen MR) is 98.5 cm³/mol. The van der Waals surface area contributed by atoms with Gasteiger partial charge in [-0.15, -0.1) is 11.3 Å². The summed E-state index contributed by atoms with van der Waals surface area (Å²) in [6.45, 7) is 2.39. The highest BCUT2D eigenvalue weighted by molar-refractivity contribution is 7.92. The van der Waals surface area contributed by atoms with Gasteiger partial charge in [0.2, 0.25) is 5.95 Å². The van der Waals surface area contributed by atoms with Crippen LogP contribution in [0.4, 0.5) is 11.6 Å². The van der Waals surface area contributed by atoms with Crippen LogP contribution in [0.3, 0.4) is 0 Å². The minimum absolute atomic E-state index is 0.0369. The number of thiazole rings is 1. The number of aryl methyl sites for hydroxylation is 1. The van der Waals surface area contributed by atoms with E-state index in [1.54, 1.807) is 30.7 Å². The summed E-state index contributed by atoms with van der Waals surface area (Å²) in [5, 5.41) is 3.18. The average molecular weight is 396 g/mol. The molecule has 0 aliphatic rings. The lowest BCUT2D eigenvalue weighted by atomic mass is 10.3. The third kappa shape index (κ3) is 4.65. The van der Waals surface area contributed by atoms with Crippen LogP contribution in [0.1, 0.15) is 10.4 Å². The number of benzene rings is 1. The molecule has 0 spiro atoms. The Balaban J connectivity index is 1.67. The Hall–Kier alpha value is -2.23. The third-order valence-corrected chi connectivity index (χ3v) is 5.62. The van der Waals surface area contributed by atoms with Gasteiger partial charge < -0.3 is 5.32 Å². The summed E-state index contributed by atoms with van der Waals surface area (Å²) in [6.07, 6.45) is 4.79. The van der Waals surface area contributed by atoms with Gasteiger partial charge in [-0.25, -0.2) is 28.1 Å². The monoisotopic (exact) mass is 395 g/mol. The molecule has 0 bridgehead atoms. The smallest absolute Gasteiger partial charge is 0.264 e. The van der Waals surface area contributed by atoms with Crippen LogP contribution in [0, 0.1) is 6.92 Å². The highest BCUT2D eigenvalue weighted by atomic mass is 35.5. The van der Waals surface area contributed by atoms with Gasteiger partial charge in [-0.3, -0.25) is 0 Å².